The van der Waals surface area contributed by atoms with Crippen molar-refractivity contribution in [1.82, 2.24) is 10.2 Å². The van der Waals surface area contributed by atoms with Crippen LogP contribution in [0.2, 0.25) is 10.0 Å². The third kappa shape index (κ3) is 8.68. The summed E-state index contributed by atoms with van der Waals surface area (Å²) in [5.41, 5.74) is 0.538. The number of amides is 2. The van der Waals surface area contributed by atoms with Crippen molar-refractivity contribution in [1.29, 1.82) is 0 Å². The van der Waals surface area contributed by atoms with E-state index in [2.05, 4.69) is 5.32 Å². The van der Waals surface area contributed by atoms with E-state index in [0.29, 0.717) is 5.56 Å². The molecule has 3 aromatic rings. The second-order valence-electron chi connectivity index (χ2n) is 10.4. The lowest BCUT2D eigenvalue weighted by atomic mass is 10.0. The van der Waals surface area contributed by atoms with E-state index in [1.165, 1.54) is 23.1 Å². The molecular formula is C29H32Cl2FN3O4S. The van der Waals surface area contributed by atoms with Crippen molar-refractivity contribution in [2.24, 2.45) is 0 Å². The monoisotopic (exact) mass is 607 g/mol. The number of halogens is 3. The first-order chi connectivity index (χ1) is 18.7. The molecule has 0 fully saturated rings. The quantitative estimate of drug-likeness (QED) is 0.332. The Bertz CT molecular complexity index is 1440. The number of hydrogen-bond donors (Lipinski definition) is 1. The lowest BCUT2D eigenvalue weighted by Gasteiger charge is -2.35. The van der Waals surface area contributed by atoms with Crippen LogP contribution in [-0.4, -0.2) is 49.5 Å². The van der Waals surface area contributed by atoms with Gasteiger partial charge in [0.25, 0.3) is 0 Å². The van der Waals surface area contributed by atoms with Crippen LogP contribution in [0.4, 0.5) is 10.1 Å². The molecule has 0 radical (unpaired) electrons. The summed E-state index contributed by atoms with van der Waals surface area (Å²) >= 11 is 12.9. The molecule has 0 saturated carbocycles. The Kier molecular flexibility index (Phi) is 10.2. The van der Waals surface area contributed by atoms with Crippen LogP contribution in [0.25, 0.3) is 0 Å². The average molecular weight is 609 g/mol. The maximum Gasteiger partial charge on any atom is 0.244 e. The van der Waals surface area contributed by atoms with Gasteiger partial charge in [-0.15, -0.1) is 0 Å². The van der Waals surface area contributed by atoms with Gasteiger partial charge in [0.05, 0.1) is 11.9 Å². The van der Waals surface area contributed by atoms with Gasteiger partial charge in [0.1, 0.15) is 18.4 Å². The molecule has 11 heteroatoms. The van der Waals surface area contributed by atoms with Gasteiger partial charge in [-0.1, -0.05) is 65.7 Å². The fraction of sp³-hybridized carbons (Fsp3) is 0.310. The zero-order chi connectivity index (χ0) is 29.7. The van der Waals surface area contributed by atoms with Gasteiger partial charge in [0, 0.05) is 34.1 Å². The first kappa shape index (κ1) is 31.4. The summed E-state index contributed by atoms with van der Waals surface area (Å²) in [5, 5.41) is 3.50. The second kappa shape index (κ2) is 13.0. The zero-order valence-corrected chi connectivity index (χ0v) is 25.0. The van der Waals surface area contributed by atoms with E-state index in [1.807, 2.05) is 51.1 Å². The summed E-state index contributed by atoms with van der Waals surface area (Å²) in [4.78, 5) is 29.0. The highest BCUT2D eigenvalue weighted by atomic mass is 35.5. The highest BCUT2D eigenvalue weighted by Gasteiger charge is 2.35. The molecule has 214 valence electrons. The maximum absolute atomic E-state index is 14.0. The van der Waals surface area contributed by atoms with E-state index in [4.69, 9.17) is 23.2 Å². The SMILES string of the molecule is CC(C)(C)NC(=O)[C@H](Cc1ccccc1)N(Cc1c(Cl)cccc1Cl)C(=O)CN(c1cccc(F)c1)S(C)(=O)=O. The van der Waals surface area contributed by atoms with Crippen LogP contribution in [0.3, 0.4) is 0 Å². The van der Waals surface area contributed by atoms with E-state index >= 15 is 0 Å². The number of sulfonamides is 1. The smallest absolute Gasteiger partial charge is 0.244 e. The first-order valence-corrected chi connectivity index (χ1v) is 15.1. The predicted molar refractivity (Wildman–Crippen MR) is 157 cm³/mol. The van der Waals surface area contributed by atoms with Gasteiger partial charge in [-0.25, -0.2) is 12.8 Å². The number of hydrogen-bond acceptors (Lipinski definition) is 4. The molecule has 0 aromatic heterocycles. The summed E-state index contributed by atoms with van der Waals surface area (Å²) in [5.74, 6) is -1.80. The number of benzene rings is 3. The van der Waals surface area contributed by atoms with E-state index in [9.17, 15) is 22.4 Å². The molecular weight excluding hydrogens is 576 g/mol. The normalized spacial score (nSPS) is 12.5. The summed E-state index contributed by atoms with van der Waals surface area (Å²) in [6, 6.07) is 17.9. The van der Waals surface area contributed by atoms with Crippen molar-refractivity contribution in [3.63, 3.8) is 0 Å². The van der Waals surface area contributed by atoms with E-state index in [-0.39, 0.29) is 28.7 Å². The minimum absolute atomic E-state index is 0.0228. The molecule has 0 heterocycles. The van der Waals surface area contributed by atoms with E-state index in [1.54, 1.807) is 18.2 Å². The zero-order valence-electron chi connectivity index (χ0n) is 22.7. The standard InChI is InChI=1S/C29H32Cl2FN3O4S/c1-29(2,3)33-28(37)26(16-20-10-6-5-7-11-20)34(18-23-24(30)14-9-15-25(23)31)27(36)19-35(40(4,38)39)22-13-8-12-21(32)17-22/h5-15,17,26H,16,18-19H2,1-4H3,(H,33,37)/t26-/m0/s1. The molecule has 0 aliphatic heterocycles. The molecule has 0 aliphatic carbocycles. The number of nitrogens with one attached hydrogen (secondary N) is 1. The third-order valence-electron chi connectivity index (χ3n) is 5.93. The van der Waals surface area contributed by atoms with Crippen LogP contribution in [0.1, 0.15) is 31.9 Å². The largest absolute Gasteiger partial charge is 0.350 e. The summed E-state index contributed by atoms with van der Waals surface area (Å²) in [7, 11) is -4.02. The number of rotatable bonds is 10. The van der Waals surface area contributed by atoms with Crippen molar-refractivity contribution in [2.75, 3.05) is 17.1 Å². The average Bonchev–Trinajstić information content (AvgIpc) is 2.85. The van der Waals surface area contributed by atoms with Crippen LogP contribution in [-0.2, 0) is 32.6 Å². The minimum atomic E-state index is -4.02. The highest BCUT2D eigenvalue weighted by Crippen LogP contribution is 2.28. The van der Waals surface area contributed by atoms with Crippen molar-refractivity contribution >= 4 is 50.7 Å². The molecule has 1 atom stereocenters. The van der Waals surface area contributed by atoms with Crippen LogP contribution in [0.5, 0.6) is 0 Å². The van der Waals surface area contributed by atoms with Gasteiger partial charge in [0.2, 0.25) is 21.8 Å². The number of anilines is 1. The van der Waals surface area contributed by atoms with E-state index < -0.39 is 45.8 Å². The molecule has 40 heavy (non-hydrogen) atoms. The maximum atomic E-state index is 14.0. The number of carbonyl (C=O) groups excluding carboxylic acids is 2. The summed E-state index contributed by atoms with van der Waals surface area (Å²) in [6.07, 6.45) is 1.06. The Balaban J connectivity index is 2.12. The van der Waals surface area contributed by atoms with Crippen molar-refractivity contribution in [3.8, 4) is 0 Å². The molecule has 1 N–H and O–H groups in total. The van der Waals surface area contributed by atoms with Crippen molar-refractivity contribution in [2.45, 2.75) is 45.3 Å². The van der Waals surface area contributed by atoms with Gasteiger partial charge >= 0.3 is 0 Å². The molecule has 0 unspecified atom stereocenters. The van der Waals surface area contributed by atoms with Gasteiger partial charge < -0.3 is 10.2 Å². The van der Waals surface area contributed by atoms with Crippen LogP contribution in [0, 0.1) is 5.82 Å². The van der Waals surface area contributed by atoms with Gasteiger partial charge in [-0.3, -0.25) is 13.9 Å². The number of nitrogens with zero attached hydrogens (tertiary/aromatic N) is 2. The summed E-state index contributed by atoms with van der Waals surface area (Å²) < 4.78 is 40.4. The lowest BCUT2D eigenvalue weighted by Crippen LogP contribution is -2.56. The molecule has 7 nitrogen and oxygen atoms in total. The van der Waals surface area contributed by atoms with Gasteiger partial charge in [-0.2, -0.15) is 0 Å². The van der Waals surface area contributed by atoms with Crippen LogP contribution >= 0.6 is 23.2 Å². The summed E-state index contributed by atoms with van der Waals surface area (Å²) in [6.45, 7) is 4.59. The molecule has 0 spiro atoms. The Morgan fingerprint density at radius 3 is 2.10 bits per heavy atom. The second-order valence-corrected chi connectivity index (χ2v) is 13.1. The van der Waals surface area contributed by atoms with Crippen molar-refractivity contribution < 1.29 is 22.4 Å². The highest BCUT2D eigenvalue weighted by molar-refractivity contribution is 7.92. The Hall–Kier alpha value is -3.14. The molecule has 3 rings (SSSR count). The van der Waals surface area contributed by atoms with Crippen LogP contribution < -0.4 is 9.62 Å². The topological polar surface area (TPSA) is 86.8 Å². The molecule has 0 bridgehead atoms. The molecule has 3 aromatic carbocycles. The molecule has 2 amide bonds. The van der Waals surface area contributed by atoms with E-state index in [0.717, 1.165) is 22.2 Å². The Morgan fingerprint density at radius 2 is 1.55 bits per heavy atom. The fourth-order valence-electron chi connectivity index (χ4n) is 4.11. The molecule has 0 aliphatic rings. The minimum Gasteiger partial charge on any atom is -0.350 e. The third-order valence-corrected chi connectivity index (χ3v) is 7.78. The molecule has 0 saturated heterocycles. The Morgan fingerprint density at radius 1 is 0.950 bits per heavy atom. The fourth-order valence-corrected chi connectivity index (χ4v) is 5.46. The van der Waals surface area contributed by atoms with Gasteiger partial charge in [-0.05, 0) is 56.7 Å². The first-order valence-electron chi connectivity index (χ1n) is 12.5. The van der Waals surface area contributed by atoms with Crippen molar-refractivity contribution in [3.05, 3.63) is 99.8 Å². The van der Waals surface area contributed by atoms with Gasteiger partial charge in [0.15, 0.2) is 0 Å². The van der Waals surface area contributed by atoms with Crippen LogP contribution in [0.15, 0.2) is 72.8 Å². The predicted octanol–water partition coefficient (Wildman–Crippen LogP) is 5.45. The Labute approximate surface area is 244 Å². The lowest BCUT2D eigenvalue weighted by molar-refractivity contribution is -0.140. The number of carbonyl (C=O) groups is 2.